The van der Waals surface area contributed by atoms with Gasteiger partial charge in [0.25, 0.3) is 0 Å². The first-order chi connectivity index (χ1) is 15.2. The molecule has 3 aromatic rings. The third kappa shape index (κ3) is 4.57. The van der Waals surface area contributed by atoms with Gasteiger partial charge in [0.1, 0.15) is 0 Å². The van der Waals surface area contributed by atoms with Crippen LogP contribution in [0, 0.1) is 6.92 Å². The molecule has 1 aliphatic heterocycles. The highest BCUT2D eigenvalue weighted by Gasteiger charge is 2.23. The molecule has 2 heterocycles. The van der Waals surface area contributed by atoms with Crippen LogP contribution in [-0.2, 0) is 25.9 Å². The van der Waals surface area contributed by atoms with Crippen molar-refractivity contribution in [1.82, 2.24) is 14.4 Å². The van der Waals surface area contributed by atoms with E-state index in [1.54, 1.807) is 0 Å². The normalized spacial score (nSPS) is 18.9. The van der Waals surface area contributed by atoms with Gasteiger partial charge in [-0.1, -0.05) is 42.0 Å². The molecule has 4 heteroatoms. The molecule has 0 spiro atoms. The third-order valence-corrected chi connectivity index (χ3v) is 7.11. The van der Waals surface area contributed by atoms with Crippen LogP contribution in [0.25, 0.3) is 10.9 Å². The highest BCUT2D eigenvalue weighted by molar-refractivity contribution is 5.86. The molecule has 164 valence electrons. The van der Waals surface area contributed by atoms with Gasteiger partial charge in [-0.05, 0) is 55.9 Å². The minimum Gasteiger partial charge on any atom is -0.390 e. The van der Waals surface area contributed by atoms with E-state index < -0.39 is 0 Å². The highest BCUT2D eigenvalue weighted by Crippen LogP contribution is 2.33. The summed E-state index contributed by atoms with van der Waals surface area (Å²) in [6, 6.07) is 17.5. The van der Waals surface area contributed by atoms with E-state index in [-0.39, 0.29) is 6.10 Å². The van der Waals surface area contributed by atoms with Crippen LogP contribution in [0.2, 0.25) is 0 Å². The maximum absolute atomic E-state index is 11.0. The van der Waals surface area contributed by atoms with Gasteiger partial charge in [0.05, 0.1) is 12.6 Å². The molecule has 1 fully saturated rings. The number of β-amino-alcohol motifs (C(OH)–C–C–N with tert-alkyl or cyclic N) is 1. The van der Waals surface area contributed by atoms with E-state index in [0.29, 0.717) is 6.54 Å². The van der Waals surface area contributed by atoms with Gasteiger partial charge in [0, 0.05) is 55.9 Å². The van der Waals surface area contributed by atoms with E-state index in [2.05, 4.69) is 69.8 Å². The molecule has 0 amide bonds. The summed E-state index contributed by atoms with van der Waals surface area (Å²) in [5.41, 5.74) is 7.02. The van der Waals surface area contributed by atoms with Crippen LogP contribution in [-0.4, -0.2) is 58.3 Å². The molecule has 1 aliphatic carbocycles. The van der Waals surface area contributed by atoms with Gasteiger partial charge in [-0.3, -0.25) is 9.80 Å². The minimum absolute atomic E-state index is 0.330. The molecule has 0 saturated carbocycles. The van der Waals surface area contributed by atoms with Crippen LogP contribution in [0.5, 0.6) is 0 Å². The molecule has 0 unspecified atom stereocenters. The van der Waals surface area contributed by atoms with Crippen molar-refractivity contribution in [2.45, 2.75) is 51.8 Å². The Labute approximate surface area is 186 Å². The van der Waals surface area contributed by atoms with Crippen LogP contribution in [0.1, 0.15) is 35.2 Å². The van der Waals surface area contributed by atoms with Crippen LogP contribution in [0.3, 0.4) is 0 Å². The van der Waals surface area contributed by atoms with Crippen molar-refractivity contribution in [2.75, 3.05) is 32.7 Å². The first-order valence-corrected chi connectivity index (χ1v) is 11.9. The van der Waals surface area contributed by atoms with Crippen LogP contribution < -0.4 is 0 Å². The lowest BCUT2D eigenvalue weighted by atomic mass is 9.95. The molecule has 1 atom stereocenters. The summed E-state index contributed by atoms with van der Waals surface area (Å²) in [5, 5.41) is 12.4. The van der Waals surface area contributed by atoms with Gasteiger partial charge in [-0.15, -0.1) is 0 Å². The number of aromatic nitrogens is 1. The first-order valence-electron chi connectivity index (χ1n) is 11.9. The number of hydrogen-bond acceptors (Lipinski definition) is 3. The number of aliphatic hydroxyl groups excluding tert-OH is 1. The van der Waals surface area contributed by atoms with Gasteiger partial charge >= 0.3 is 0 Å². The lowest BCUT2D eigenvalue weighted by Crippen LogP contribution is -2.48. The molecule has 0 radical (unpaired) electrons. The van der Waals surface area contributed by atoms with Gasteiger partial charge in [0.15, 0.2) is 0 Å². The van der Waals surface area contributed by atoms with E-state index in [0.717, 1.165) is 45.7 Å². The molecule has 31 heavy (non-hydrogen) atoms. The fraction of sp³-hybridized carbons (Fsp3) is 0.481. The molecule has 5 rings (SSSR count). The Hall–Kier alpha value is -2.14. The van der Waals surface area contributed by atoms with Crippen molar-refractivity contribution in [2.24, 2.45) is 0 Å². The summed E-state index contributed by atoms with van der Waals surface area (Å²) < 4.78 is 2.43. The van der Waals surface area contributed by atoms with Crippen LogP contribution in [0.4, 0.5) is 0 Å². The highest BCUT2D eigenvalue weighted by atomic mass is 16.3. The topological polar surface area (TPSA) is 31.6 Å². The summed E-state index contributed by atoms with van der Waals surface area (Å²) in [7, 11) is 0. The maximum atomic E-state index is 11.0. The van der Waals surface area contributed by atoms with Crippen molar-refractivity contribution in [3.05, 3.63) is 70.9 Å². The number of nitrogens with zero attached hydrogens (tertiary/aromatic N) is 3. The number of hydrogen-bond donors (Lipinski definition) is 1. The third-order valence-electron chi connectivity index (χ3n) is 7.11. The molecule has 1 N–H and O–H groups in total. The predicted octanol–water partition coefficient (Wildman–Crippen LogP) is 4.01. The summed E-state index contributed by atoms with van der Waals surface area (Å²) in [5.74, 6) is 0. The lowest BCUT2D eigenvalue weighted by molar-refractivity contribution is 0.0624. The maximum Gasteiger partial charge on any atom is 0.0845 e. The Kier molecular flexibility index (Phi) is 6.13. The molecule has 0 bridgehead atoms. The summed E-state index contributed by atoms with van der Waals surface area (Å²) in [6.45, 7) is 8.89. The summed E-state index contributed by atoms with van der Waals surface area (Å²) in [6.07, 6.45) is 4.55. The minimum atomic E-state index is -0.330. The quantitative estimate of drug-likeness (QED) is 0.658. The van der Waals surface area contributed by atoms with E-state index in [4.69, 9.17) is 0 Å². The fourth-order valence-electron chi connectivity index (χ4n) is 5.50. The second-order valence-electron chi connectivity index (χ2n) is 9.48. The summed E-state index contributed by atoms with van der Waals surface area (Å²) in [4.78, 5) is 4.96. The van der Waals surface area contributed by atoms with Crippen molar-refractivity contribution in [3.63, 3.8) is 0 Å². The predicted molar refractivity (Wildman–Crippen MR) is 127 cm³/mol. The standard InChI is InChI=1S/C27H35N3O/c1-21-11-12-27-25(17-21)24-9-5-6-10-26(24)30(27)20-23(31)19-29-15-13-28(14-16-29)18-22-7-3-2-4-8-22/h2-4,7-8,11-12,17,23,31H,5-6,9-10,13-16,18-20H2,1H3/t23-/m0/s1. The van der Waals surface area contributed by atoms with E-state index >= 15 is 0 Å². The molecule has 2 aromatic carbocycles. The zero-order chi connectivity index (χ0) is 21.2. The second-order valence-corrected chi connectivity index (χ2v) is 9.48. The van der Waals surface area contributed by atoms with Crippen molar-refractivity contribution >= 4 is 10.9 Å². The molecule has 1 aromatic heterocycles. The largest absolute Gasteiger partial charge is 0.390 e. The Morgan fingerprint density at radius 2 is 1.61 bits per heavy atom. The Bertz CT molecular complexity index is 1020. The van der Waals surface area contributed by atoms with Crippen molar-refractivity contribution < 1.29 is 5.11 Å². The van der Waals surface area contributed by atoms with Crippen molar-refractivity contribution in [1.29, 1.82) is 0 Å². The van der Waals surface area contributed by atoms with Crippen LogP contribution in [0.15, 0.2) is 48.5 Å². The Morgan fingerprint density at radius 1 is 0.871 bits per heavy atom. The zero-order valence-corrected chi connectivity index (χ0v) is 18.8. The average Bonchev–Trinajstić information content (AvgIpc) is 3.09. The number of fused-ring (bicyclic) bond motifs is 3. The molecule has 1 saturated heterocycles. The van der Waals surface area contributed by atoms with Crippen molar-refractivity contribution in [3.8, 4) is 0 Å². The summed E-state index contributed by atoms with van der Waals surface area (Å²) >= 11 is 0. The Morgan fingerprint density at radius 3 is 2.42 bits per heavy atom. The lowest BCUT2D eigenvalue weighted by Gasteiger charge is -2.35. The number of piperazine rings is 1. The molecular weight excluding hydrogens is 382 g/mol. The molecule has 4 nitrogen and oxygen atoms in total. The molecular formula is C27H35N3O. The number of aryl methyl sites for hydroxylation is 2. The van der Waals surface area contributed by atoms with E-state index in [1.807, 2.05) is 0 Å². The second kappa shape index (κ2) is 9.15. The van der Waals surface area contributed by atoms with Gasteiger partial charge in [-0.2, -0.15) is 0 Å². The Balaban J connectivity index is 1.22. The van der Waals surface area contributed by atoms with Gasteiger partial charge in [-0.25, -0.2) is 0 Å². The number of benzene rings is 2. The van der Waals surface area contributed by atoms with E-state index in [9.17, 15) is 5.11 Å². The molecule has 2 aliphatic rings. The average molecular weight is 418 g/mol. The number of rotatable bonds is 6. The zero-order valence-electron chi connectivity index (χ0n) is 18.8. The first kappa shape index (κ1) is 20.7. The smallest absolute Gasteiger partial charge is 0.0845 e. The van der Waals surface area contributed by atoms with Gasteiger partial charge in [0.2, 0.25) is 0 Å². The monoisotopic (exact) mass is 417 g/mol. The van der Waals surface area contributed by atoms with E-state index in [1.165, 1.54) is 52.5 Å². The van der Waals surface area contributed by atoms with Crippen LogP contribution >= 0.6 is 0 Å². The SMILES string of the molecule is Cc1ccc2c(c1)c1c(n2C[C@@H](O)CN2CCN(Cc3ccccc3)CC2)CCCC1. The fourth-order valence-corrected chi connectivity index (χ4v) is 5.50. The van der Waals surface area contributed by atoms with Gasteiger partial charge < -0.3 is 9.67 Å². The number of aliphatic hydroxyl groups is 1.